The van der Waals surface area contributed by atoms with Crippen molar-refractivity contribution in [1.82, 2.24) is 0 Å². The molecule has 0 aliphatic heterocycles. The summed E-state index contributed by atoms with van der Waals surface area (Å²) in [5.74, 6) is -1.33. The fourth-order valence-electron chi connectivity index (χ4n) is 2.05. The Kier molecular flexibility index (Phi) is 4.38. The first-order chi connectivity index (χ1) is 9.08. The molecule has 0 aromatic heterocycles. The molecule has 0 saturated heterocycles. The maximum atomic E-state index is 11.5. The minimum atomic E-state index is -0.799. The van der Waals surface area contributed by atoms with E-state index in [0.717, 1.165) is 15.6 Å². The molecule has 1 N–H and O–H groups in total. The van der Waals surface area contributed by atoms with Gasteiger partial charge in [0.2, 0.25) is 0 Å². The van der Waals surface area contributed by atoms with Crippen LogP contribution in [0.3, 0.4) is 0 Å². The summed E-state index contributed by atoms with van der Waals surface area (Å²) < 4.78 is 0.842. The molecule has 2 rings (SSSR count). The molecule has 3 heteroatoms. The summed E-state index contributed by atoms with van der Waals surface area (Å²) in [5.41, 5.74) is 3.03. The SMILES string of the molecule is Cc1ccc(CC(C(=O)O)c2ccccc2Br)cc1. The number of halogens is 1. The first kappa shape index (κ1) is 13.8. The van der Waals surface area contributed by atoms with Crippen LogP contribution in [-0.4, -0.2) is 11.1 Å². The first-order valence-corrected chi connectivity index (χ1v) is 6.90. The Bertz CT molecular complexity index is 576. The predicted molar refractivity (Wildman–Crippen MR) is 79.4 cm³/mol. The highest BCUT2D eigenvalue weighted by molar-refractivity contribution is 9.10. The van der Waals surface area contributed by atoms with Crippen molar-refractivity contribution in [2.24, 2.45) is 0 Å². The Labute approximate surface area is 121 Å². The lowest BCUT2D eigenvalue weighted by Crippen LogP contribution is -2.15. The highest BCUT2D eigenvalue weighted by Gasteiger charge is 2.22. The van der Waals surface area contributed by atoms with Gasteiger partial charge in [-0.3, -0.25) is 4.79 Å². The second kappa shape index (κ2) is 6.02. The van der Waals surface area contributed by atoms with Gasteiger partial charge in [-0.25, -0.2) is 0 Å². The molecule has 1 atom stereocenters. The third-order valence-electron chi connectivity index (χ3n) is 3.14. The second-order valence-corrected chi connectivity index (χ2v) is 5.46. The molecule has 1 unspecified atom stereocenters. The third kappa shape index (κ3) is 3.44. The van der Waals surface area contributed by atoms with Gasteiger partial charge >= 0.3 is 5.97 Å². The number of rotatable bonds is 4. The number of carboxylic acid groups (broad SMARTS) is 1. The number of aryl methyl sites for hydroxylation is 1. The van der Waals surface area contributed by atoms with Crippen LogP contribution >= 0.6 is 15.9 Å². The van der Waals surface area contributed by atoms with Gasteiger partial charge in [0.25, 0.3) is 0 Å². The Hall–Kier alpha value is -1.61. The summed E-state index contributed by atoms with van der Waals surface area (Å²) in [4.78, 5) is 11.5. The van der Waals surface area contributed by atoms with Gasteiger partial charge in [-0.1, -0.05) is 64.0 Å². The molecule has 19 heavy (non-hydrogen) atoms. The molecule has 0 fully saturated rings. The average molecular weight is 319 g/mol. The van der Waals surface area contributed by atoms with E-state index in [9.17, 15) is 9.90 Å². The van der Waals surface area contributed by atoms with Gasteiger partial charge in [0.05, 0.1) is 5.92 Å². The van der Waals surface area contributed by atoms with E-state index in [4.69, 9.17) is 0 Å². The molecule has 2 nitrogen and oxygen atoms in total. The molecule has 0 amide bonds. The molecule has 2 aromatic carbocycles. The van der Waals surface area contributed by atoms with E-state index in [2.05, 4.69) is 15.9 Å². The number of carboxylic acids is 1. The number of carbonyl (C=O) groups is 1. The maximum absolute atomic E-state index is 11.5. The second-order valence-electron chi connectivity index (χ2n) is 4.60. The van der Waals surface area contributed by atoms with Crippen molar-refractivity contribution in [3.05, 3.63) is 69.7 Å². The average Bonchev–Trinajstić information content (AvgIpc) is 2.39. The quantitative estimate of drug-likeness (QED) is 0.918. The Morgan fingerprint density at radius 3 is 2.37 bits per heavy atom. The minimum absolute atomic E-state index is 0.498. The van der Waals surface area contributed by atoms with Crippen molar-refractivity contribution in [3.63, 3.8) is 0 Å². The van der Waals surface area contributed by atoms with Gasteiger partial charge < -0.3 is 5.11 Å². The fraction of sp³-hybridized carbons (Fsp3) is 0.188. The summed E-state index contributed by atoms with van der Waals surface area (Å²) >= 11 is 3.43. The van der Waals surface area contributed by atoms with Crippen molar-refractivity contribution in [2.45, 2.75) is 19.3 Å². The normalized spacial score (nSPS) is 12.1. The molecule has 0 aliphatic rings. The topological polar surface area (TPSA) is 37.3 Å². The Balaban J connectivity index is 2.29. The lowest BCUT2D eigenvalue weighted by Gasteiger charge is -2.14. The molecule has 98 valence electrons. The van der Waals surface area contributed by atoms with E-state index >= 15 is 0 Å². The molecule has 0 heterocycles. The van der Waals surface area contributed by atoms with Crippen LogP contribution in [0.2, 0.25) is 0 Å². The largest absolute Gasteiger partial charge is 0.481 e. The van der Waals surface area contributed by atoms with Gasteiger partial charge in [0, 0.05) is 4.47 Å². The van der Waals surface area contributed by atoms with Crippen molar-refractivity contribution < 1.29 is 9.90 Å². The number of benzene rings is 2. The van der Waals surface area contributed by atoms with Crippen molar-refractivity contribution in [1.29, 1.82) is 0 Å². The summed E-state index contributed by atoms with van der Waals surface area (Å²) in [6.07, 6.45) is 0.498. The molecule has 0 bridgehead atoms. The van der Waals surface area contributed by atoms with Gasteiger partial charge in [-0.05, 0) is 30.5 Å². The molecule has 0 saturated carbocycles. The summed E-state index contributed by atoms with van der Waals surface area (Å²) in [5, 5.41) is 9.45. The molecule has 2 aromatic rings. The Morgan fingerprint density at radius 1 is 1.16 bits per heavy atom. The minimum Gasteiger partial charge on any atom is -0.481 e. The molecule has 0 radical (unpaired) electrons. The highest BCUT2D eigenvalue weighted by Crippen LogP contribution is 2.28. The van der Waals surface area contributed by atoms with Crippen LogP contribution in [0.15, 0.2) is 53.0 Å². The van der Waals surface area contributed by atoms with Crippen LogP contribution in [0.25, 0.3) is 0 Å². The lowest BCUT2D eigenvalue weighted by molar-refractivity contribution is -0.138. The van der Waals surface area contributed by atoms with Gasteiger partial charge in [0.15, 0.2) is 0 Å². The van der Waals surface area contributed by atoms with Crippen molar-refractivity contribution >= 4 is 21.9 Å². The Morgan fingerprint density at radius 2 is 1.79 bits per heavy atom. The van der Waals surface area contributed by atoms with Gasteiger partial charge in [-0.2, -0.15) is 0 Å². The number of hydrogen-bond donors (Lipinski definition) is 1. The van der Waals surface area contributed by atoms with E-state index in [-0.39, 0.29) is 0 Å². The van der Waals surface area contributed by atoms with E-state index in [1.54, 1.807) is 0 Å². The van der Waals surface area contributed by atoms with Crippen LogP contribution in [0.5, 0.6) is 0 Å². The van der Waals surface area contributed by atoms with Crippen LogP contribution in [0.1, 0.15) is 22.6 Å². The van der Waals surface area contributed by atoms with Crippen molar-refractivity contribution in [3.8, 4) is 0 Å². The monoisotopic (exact) mass is 318 g/mol. The summed E-state index contributed by atoms with van der Waals surface area (Å²) in [7, 11) is 0. The number of hydrogen-bond acceptors (Lipinski definition) is 1. The standard InChI is InChI=1S/C16H15BrO2/c1-11-6-8-12(9-7-11)10-14(16(18)19)13-4-2-3-5-15(13)17/h2-9,14H,10H2,1H3,(H,18,19). The van der Waals surface area contributed by atoms with Crippen LogP contribution < -0.4 is 0 Å². The molecular formula is C16H15BrO2. The van der Waals surface area contributed by atoms with Gasteiger partial charge in [-0.15, -0.1) is 0 Å². The highest BCUT2D eigenvalue weighted by atomic mass is 79.9. The molecular weight excluding hydrogens is 304 g/mol. The lowest BCUT2D eigenvalue weighted by atomic mass is 9.92. The zero-order valence-electron chi connectivity index (χ0n) is 10.6. The van der Waals surface area contributed by atoms with Crippen LogP contribution in [0, 0.1) is 6.92 Å². The summed E-state index contributed by atoms with van der Waals surface area (Å²) in [6, 6.07) is 15.5. The molecule has 0 spiro atoms. The smallest absolute Gasteiger partial charge is 0.311 e. The van der Waals surface area contributed by atoms with E-state index in [1.807, 2.05) is 55.5 Å². The van der Waals surface area contributed by atoms with E-state index in [1.165, 1.54) is 5.56 Å². The molecule has 0 aliphatic carbocycles. The van der Waals surface area contributed by atoms with Gasteiger partial charge in [0.1, 0.15) is 0 Å². The first-order valence-electron chi connectivity index (χ1n) is 6.10. The van der Waals surface area contributed by atoms with Crippen molar-refractivity contribution in [2.75, 3.05) is 0 Å². The predicted octanol–water partition coefficient (Wildman–Crippen LogP) is 4.17. The third-order valence-corrected chi connectivity index (χ3v) is 3.86. The summed E-state index contributed by atoms with van der Waals surface area (Å²) in [6.45, 7) is 2.02. The van der Waals surface area contributed by atoms with E-state index < -0.39 is 11.9 Å². The van der Waals surface area contributed by atoms with E-state index in [0.29, 0.717) is 6.42 Å². The fourth-order valence-corrected chi connectivity index (χ4v) is 2.61. The van der Waals surface area contributed by atoms with Crippen LogP contribution in [0.4, 0.5) is 0 Å². The van der Waals surface area contributed by atoms with Crippen LogP contribution in [-0.2, 0) is 11.2 Å². The zero-order chi connectivity index (χ0) is 13.8. The zero-order valence-corrected chi connectivity index (χ0v) is 12.2. The maximum Gasteiger partial charge on any atom is 0.311 e. The number of aliphatic carboxylic acids is 1.